The third kappa shape index (κ3) is 4.50. The Bertz CT molecular complexity index is 815. The van der Waals surface area contributed by atoms with Crippen LogP contribution >= 0.6 is 0 Å². The molecule has 26 heavy (non-hydrogen) atoms. The van der Waals surface area contributed by atoms with Crippen LogP contribution in [0.2, 0.25) is 0 Å². The molecule has 0 bridgehead atoms. The quantitative estimate of drug-likeness (QED) is 0.479. The zero-order valence-corrected chi connectivity index (χ0v) is 14.1. The Morgan fingerprint density at radius 1 is 1.08 bits per heavy atom. The predicted octanol–water partition coefficient (Wildman–Crippen LogP) is 2.97. The van der Waals surface area contributed by atoms with Crippen molar-refractivity contribution in [1.29, 1.82) is 0 Å². The first kappa shape index (κ1) is 18.8. The van der Waals surface area contributed by atoms with E-state index < -0.39 is 23.8 Å². The molecule has 8 nitrogen and oxygen atoms in total. The van der Waals surface area contributed by atoms with Crippen molar-refractivity contribution in [3.8, 4) is 11.5 Å². The fourth-order valence-corrected chi connectivity index (χ4v) is 2.03. The van der Waals surface area contributed by atoms with Gasteiger partial charge in [-0.3, -0.25) is 4.79 Å². The van der Waals surface area contributed by atoms with Crippen LogP contribution in [-0.2, 0) is 9.47 Å². The van der Waals surface area contributed by atoms with Gasteiger partial charge < -0.3 is 24.6 Å². The standard InChI is InChI=1S/C18H17NO7/c1-3-25-18(23)26-12-9-7-11(8-10-12)16(21)19-14-6-4-5-13(15(14)20)17(22)24-2/h4-10,20H,3H2,1-2H3,(H,19,21). The number of esters is 1. The summed E-state index contributed by atoms with van der Waals surface area (Å²) in [6.07, 6.45) is -0.839. The van der Waals surface area contributed by atoms with Gasteiger partial charge in [-0.2, -0.15) is 0 Å². The second-order valence-corrected chi connectivity index (χ2v) is 4.96. The fraction of sp³-hybridized carbons (Fsp3) is 0.167. The Hall–Kier alpha value is -3.55. The molecule has 2 N–H and O–H groups in total. The molecule has 8 heteroatoms. The molecule has 0 atom stereocenters. The van der Waals surface area contributed by atoms with Crippen molar-refractivity contribution in [3.05, 3.63) is 53.6 Å². The molecule has 0 radical (unpaired) electrons. The molecular formula is C18H17NO7. The molecule has 2 aromatic rings. The summed E-state index contributed by atoms with van der Waals surface area (Å²) in [5.41, 5.74) is 0.248. The number of carbonyl (C=O) groups excluding carboxylic acids is 3. The monoisotopic (exact) mass is 359 g/mol. The summed E-state index contributed by atoms with van der Waals surface area (Å²) >= 11 is 0. The second-order valence-electron chi connectivity index (χ2n) is 4.96. The minimum Gasteiger partial charge on any atom is -0.505 e. The number of carbonyl (C=O) groups is 3. The Morgan fingerprint density at radius 2 is 1.77 bits per heavy atom. The number of benzene rings is 2. The van der Waals surface area contributed by atoms with E-state index in [0.29, 0.717) is 0 Å². The minimum absolute atomic E-state index is 0.0600. The summed E-state index contributed by atoms with van der Waals surface area (Å²) in [4.78, 5) is 35.1. The number of methoxy groups -OCH3 is 1. The lowest BCUT2D eigenvalue weighted by Crippen LogP contribution is -2.13. The number of anilines is 1. The van der Waals surface area contributed by atoms with Crippen molar-refractivity contribution >= 4 is 23.7 Å². The SMILES string of the molecule is CCOC(=O)Oc1ccc(C(=O)Nc2cccc(C(=O)OC)c2O)cc1. The van der Waals surface area contributed by atoms with Crippen LogP contribution in [0.5, 0.6) is 11.5 Å². The summed E-state index contributed by atoms with van der Waals surface area (Å²) in [6, 6.07) is 10.0. The number of aromatic hydroxyl groups is 1. The highest BCUT2D eigenvalue weighted by atomic mass is 16.7. The maximum atomic E-state index is 12.3. The van der Waals surface area contributed by atoms with Gasteiger partial charge in [0.05, 0.1) is 19.4 Å². The number of para-hydroxylation sites is 1. The van der Waals surface area contributed by atoms with Crippen LogP contribution in [0.25, 0.3) is 0 Å². The predicted molar refractivity (Wildman–Crippen MR) is 91.5 cm³/mol. The molecule has 2 aromatic carbocycles. The third-order valence-electron chi connectivity index (χ3n) is 3.27. The minimum atomic E-state index is -0.839. The molecule has 0 fully saturated rings. The highest BCUT2D eigenvalue weighted by Gasteiger charge is 2.16. The summed E-state index contributed by atoms with van der Waals surface area (Å²) in [5, 5.41) is 12.6. The Kier molecular flexibility index (Phi) is 6.15. The number of nitrogens with one attached hydrogen (secondary N) is 1. The molecule has 2 rings (SSSR count). The van der Waals surface area contributed by atoms with Crippen molar-refractivity contribution < 1.29 is 33.7 Å². The van der Waals surface area contributed by atoms with Crippen LogP contribution in [0.3, 0.4) is 0 Å². The highest BCUT2D eigenvalue weighted by Crippen LogP contribution is 2.28. The first-order valence-corrected chi connectivity index (χ1v) is 7.62. The van der Waals surface area contributed by atoms with Gasteiger partial charge in [-0.05, 0) is 43.3 Å². The Labute approximate surface area is 149 Å². The van der Waals surface area contributed by atoms with Crippen LogP contribution < -0.4 is 10.1 Å². The van der Waals surface area contributed by atoms with E-state index in [4.69, 9.17) is 4.74 Å². The number of amides is 1. The van der Waals surface area contributed by atoms with Crippen LogP contribution in [0.4, 0.5) is 10.5 Å². The summed E-state index contributed by atoms with van der Waals surface area (Å²) in [5.74, 6) is -1.42. The van der Waals surface area contributed by atoms with Crippen LogP contribution in [0.15, 0.2) is 42.5 Å². The average Bonchev–Trinajstić information content (AvgIpc) is 2.63. The van der Waals surface area contributed by atoms with Gasteiger partial charge in [0.1, 0.15) is 11.3 Å². The largest absolute Gasteiger partial charge is 0.513 e. The first-order valence-electron chi connectivity index (χ1n) is 7.62. The molecule has 0 saturated heterocycles. The van der Waals surface area contributed by atoms with Gasteiger partial charge in [0.2, 0.25) is 0 Å². The van der Waals surface area contributed by atoms with Crippen LogP contribution in [0, 0.1) is 0 Å². The van der Waals surface area contributed by atoms with Crippen molar-refractivity contribution in [3.63, 3.8) is 0 Å². The van der Waals surface area contributed by atoms with E-state index in [-0.39, 0.29) is 29.2 Å². The van der Waals surface area contributed by atoms with E-state index in [1.807, 2.05) is 0 Å². The Balaban J connectivity index is 2.11. The van der Waals surface area contributed by atoms with Gasteiger partial charge in [-0.1, -0.05) is 6.07 Å². The lowest BCUT2D eigenvalue weighted by molar-refractivity contribution is 0.0597. The molecule has 0 aliphatic heterocycles. The van der Waals surface area contributed by atoms with E-state index in [2.05, 4.69) is 14.8 Å². The molecule has 0 heterocycles. The summed E-state index contributed by atoms with van der Waals surface area (Å²) in [7, 11) is 1.19. The van der Waals surface area contributed by atoms with E-state index >= 15 is 0 Å². The summed E-state index contributed by atoms with van der Waals surface area (Å²) < 4.78 is 14.1. The molecule has 136 valence electrons. The Morgan fingerprint density at radius 3 is 2.38 bits per heavy atom. The topological polar surface area (TPSA) is 111 Å². The van der Waals surface area contributed by atoms with Gasteiger partial charge >= 0.3 is 12.1 Å². The summed E-state index contributed by atoms with van der Waals surface area (Å²) in [6.45, 7) is 1.84. The number of ether oxygens (including phenoxy) is 3. The molecule has 0 spiro atoms. The van der Waals surface area contributed by atoms with Gasteiger partial charge in [-0.15, -0.1) is 0 Å². The highest BCUT2D eigenvalue weighted by molar-refractivity contribution is 6.06. The van der Waals surface area contributed by atoms with E-state index in [1.165, 1.54) is 49.6 Å². The molecule has 0 saturated carbocycles. The number of hydrogen-bond acceptors (Lipinski definition) is 7. The average molecular weight is 359 g/mol. The van der Waals surface area contributed by atoms with E-state index in [1.54, 1.807) is 6.92 Å². The zero-order chi connectivity index (χ0) is 19.1. The third-order valence-corrected chi connectivity index (χ3v) is 3.27. The van der Waals surface area contributed by atoms with Gasteiger partial charge in [0.25, 0.3) is 5.91 Å². The zero-order valence-electron chi connectivity index (χ0n) is 14.1. The van der Waals surface area contributed by atoms with E-state index in [0.717, 1.165) is 0 Å². The second kappa shape index (κ2) is 8.52. The molecule has 1 amide bonds. The van der Waals surface area contributed by atoms with Gasteiger partial charge in [0, 0.05) is 5.56 Å². The lowest BCUT2D eigenvalue weighted by atomic mass is 10.1. The number of rotatable bonds is 5. The van der Waals surface area contributed by atoms with E-state index in [9.17, 15) is 19.5 Å². The maximum Gasteiger partial charge on any atom is 0.513 e. The normalized spacial score (nSPS) is 9.92. The first-order chi connectivity index (χ1) is 12.5. The number of phenols is 1. The van der Waals surface area contributed by atoms with Crippen molar-refractivity contribution in [2.45, 2.75) is 6.92 Å². The maximum absolute atomic E-state index is 12.3. The van der Waals surface area contributed by atoms with Crippen molar-refractivity contribution in [2.24, 2.45) is 0 Å². The molecule has 0 aliphatic rings. The van der Waals surface area contributed by atoms with Crippen molar-refractivity contribution in [2.75, 3.05) is 19.0 Å². The molecular weight excluding hydrogens is 342 g/mol. The van der Waals surface area contributed by atoms with Gasteiger partial charge in [-0.25, -0.2) is 9.59 Å². The number of phenolic OH excluding ortho intramolecular Hbond substituents is 1. The molecule has 0 unspecified atom stereocenters. The van der Waals surface area contributed by atoms with Crippen molar-refractivity contribution in [1.82, 2.24) is 0 Å². The molecule has 0 aliphatic carbocycles. The smallest absolute Gasteiger partial charge is 0.505 e. The van der Waals surface area contributed by atoms with Crippen LogP contribution in [-0.4, -0.2) is 36.9 Å². The van der Waals surface area contributed by atoms with Gasteiger partial charge in [0.15, 0.2) is 5.75 Å². The van der Waals surface area contributed by atoms with Crippen LogP contribution in [0.1, 0.15) is 27.6 Å². The fourth-order valence-electron chi connectivity index (χ4n) is 2.03. The lowest BCUT2D eigenvalue weighted by Gasteiger charge is -2.10. The molecule has 0 aromatic heterocycles. The number of hydrogen-bond donors (Lipinski definition) is 2.